The molecule has 6 heteroatoms. The fraction of sp³-hybridized carbons (Fsp3) is 0.154. The van der Waals surface area contributed by atoms with Crippen LogP contribution < -0.4 is 5.32 Å². The van der Waals surface area contributed by atoms with Gasteiger partial charge in [-0.1, -0.05) is 23.9 Å². The van der Waals surface area contributed by atoms with Gasteiger partial charge in [0.25, 0.3) is 5.91 Å². The number of rotatable bonds is 4. The molecule has 0 fully saturated rings. The van der Waals surface area contributed by atoms with Crippen molar-refractivity contribution >= 4 is 17.7 Å². The summed E-state index contributed by atoms with van der Waals surface area (Å²) in [6.45, 7) is 0.0333. The van der Waals surface area contributed by atoms with Crippen molar-refractivity contribution in [3.05, 3.63) is 47.7 Å². The predicted molar refractivity (Wildman–Crippen MR) is 71.9 cm³/mol. The lowest BCUT2D eigenvalue weighted by molar-refractivity contribution is 0.0957. The maximum atomic E-state index is 11.3. The molecule has 0 saturated carbocycles. The summed E-state index contributed by atoms with van der Waals surface area (Å²) in [5.41, 5.74) is 1.16. The first-order chi connectivity index (χ1) is 9.22. The summed E-state index contributed by atoms with van der Waals surface area (Å²) in [4.78, 5) is 12.3. The van der Waals surface area contributed by atoms with E-state index in [2.05, 4.69) is 15.5 Å². The summed E-state index contributed by atoms with van der Waals surface area (Å²) in [7, 11) is 1.55. The SMILES string of the molecule is CNC(=O)c1ccc(Sc2ccc(CO)cc2)nn1. The lowest BCUT2D eigenvalue weighted by Crippen LogP contribution is -2.19. The van der Waals surface area contributed by atoms with Gasteiger partial charge in [0.05, 0.1) is 6.61 Å². The van der Waals surface area contributed by atoms with E-state index in [0.29, 0.717) is 10.7 Å². The molecule has 0 aliphatic heterocycles. The molecule has 5 nitrogen and oxygen atoms in total. The molecule has 0 spiro atoms. The molecule has 1 heterocycles. The number of nitrogens with zero attached hydrogens (tertiary/aromatic N) is 2. The zero-order valence-electron chi connectivity index (χ0n) is 10.3. The molecule has 2 rings (SSSR count). The van der Waals surface area contributed by atoms with Gasteiger partial charge < -0.3 is 10.4 Å². The zero-order chi connectivity index (χ0) is 13.7. The van der Waals surface area contributed by atoms with Crippen molar-refractivity contribution in [3.8, 4) is 0 Å². The van der Waals surface area contributed by atoms with E-state index < -0.39 is 0 Å². The number of carbonyl (C=O) groups excluding carboxylic acids is 1. The van der Waals surface area contributed by atoms with E-state index in [4.69, 9.17) is 5.11 Å². The van der Waals surface area contributed by atoms with Crippen molar-refractivity contribution in [2.45, 2.75) is 16.5 Å². The molecule has 0 aliphatic rings. The number of hydrogen-bond acceptors (Lipinski definition) is 5. The van der Waals surface area contributed by atoms with Crippen LogP contribution >= 0.6 is 11.8 Å². The Morgan fingerprint density at radius 1 is 1.21 bits per heavy atom. The number of aliphatic hydroxyl groups is 1. The molecular weight excluding hydrogens is 262 g/mol. The van der Waals surface area contributed by atoms with Crippen LogP contribution in [-0.4, -0.2) is 28.3 Å². The molecule has 2 aromatic rings. The van der Waals surface area contributed by atoms with Crippen LogP contribution in [-0.2, 0) is 6.61 Å². The first kappa shape index (κ1) is 13.5. The molecule has 1 aromatic carbocycles. The number of hydrogen-bond donors (Lipinski definition) is 2. The molecule has 98 valence electrons. The van der Waals surface area contributed by atoms with Crippen LogP contribution in [0.25, 0.3) is 0 Å². The average molecular weight is 275 g/mol. The highest BCUT2D eigenvalue weighted by Crippen LogP contribution is 2.25. The van der Waals surface area contributed by atoms with E-state index in [-0.39, 0.29) is 12.5 Å². The number of aromatic nitrogens is 2. The van der Waals surface area contributed by atoms with Crippen LogP contribution in [0.2, 0.25) is 0 Å². The van der Waals surface area contributed by atoms with Crippen molar-refractivity contribution < 1.29 is 9.90 Å². The standard InChI is InChI=1S/C13H13N3O2S/c1-14-13(18)11-6-7-12(16-15-11)19-10-4-2-9(8-17)3-5-10/h2-7,17H,8H2,1H3,(H,14,18). The number of amides is 1. The molecule has 1 amide bonds. The second-order valence-electron chi connectivity index (χ2n) is 3.74. The van der Waals surface area contributed by atoms with Crippen molar-refractivity contribution in [3.63, 3.8) is 0 Å². The molecule has 0 unspecified atom stereocenters. The normalized spacial score (nSPS) is 10.2. The summed E-state index contributed by atoms with van der Waals surface area (Å²) in [5.74, 6) is -0.253. The van der Waals surface area contributed by atoms with Gasteiger partial charge in [-0.3, -0.25) is 4.79 Å². The van der Waals surface area contributed by atoms with Gasteiger partial charge in [0.1, 0.15) is 5.03 Å². The molecule has 0 atom stereocenters. The molecule has 1 aromatic heterocycles. The molecule has 0 bridgehead atoms. The summed E-state index contributed by atoms with van der Waals surface area (Å²) in [6, 6.07) is 10.9. The van der Waals surface area contributed by atoms with E-state index in [1.165, 1.54) is 11.8 Å². The van der Waals surface area contributed by atoms with Gasteiger partial charge in [-0.05, 0) is 29.8 Å². The number of benzene rings is 1. The van der Waals surface area contributed by atoms with Gasteiger partial charge >= 0.3 is 0 Å². The van der Waals surface area contributed by atoms with Gasteiger partial charge in [0.2, 0.25) is 0 Å². The topological polar surface area (TPSA) is 75.1 Å². The minimum Gasteiger partial charge on any atom is -0.392 e. The van der Waals surface area contributed by atoms with Crippen LogP contribution in [0.4, 0.5) is 0 Å². The van der Waals surface area contributed by atoms with Gasteiger partial charge in [-0.2, -0.15) is 0 Å². The molecule has 19 heavy (non-hydrogen) atoms. The van der Waals surface area contributed by atoms with E-state index >= 15 is 0 Å². The Morgan fingerprint density at radius 3 is 2.47 bits per heavy atom. The van der Waals surface area contributed by atoms with Crippen LogP contribution in [0.3, 0.4) is 0 Å². The molecule has 0 radical (unpaired) electrons. The second-order valence-corrected chi connectivity index (χ2v) is 4.83. The third-order valence-electron chi connectivity index (χ3n) is 2.43. The average Bonchev–Trinajstić information content (AvgIpc) is 2.48. The minimum atomic E-state index is -0.253. The summed E-state index contributed by atoms with van der Waals surface area (Å²) >= 11 is 1.45. The quantitative estimate of drug-likeness (QED) is 0.884. The smallest absolute Gasteiger partial charge is 0.271 e. The number of carbonyl (C=O) groups is 1. The zero-order valence-corrected chi connectivity index (χ0v) is 11.1. The summed E-state index contributed by atoms with van der Waals surface area (Å²) in [5, 5.41) is 20.0. The highest BCUT2D eigenvalue weighted by Gasteiger charge is 2.06. The number of nitrogens with one attached hydrogen (secondary N) is 1. The second kappa shape index (κ2) is 6.31. The first-order valence-corrected chi connectivity index (χ1v) is 6.48. The molecular formula is C13H13N3O2S. The van der Waals surface area contributed by atoms with E-state index in [0.717, 1.165) is 10.5 Å². The van der Waals surface area contributed by atoms with Crippen LogP contribution in [0.5, 0.6) is 0 Å². The van der Waals surface area contributed by atoms with Crippen LogP contribution in [0, 0.1) is 0 Å². The van der Waals surface area contributed by atoms with Gasteiger partial charge in [-0.25, -0.2) is 0 Å². The first-order valence-electron chi connectivity index (χ1n) is 5.66. The predicted octanol–water partition coefficient (Wildman–Crippen LogP) is 1.48. The van der Waals surface area contributed by atoms with Gasteiger partial charge in [-0.15, -0.1) is 10.2 Å². The van der Waals surface area contributed by atoms with Crippen LogP contribution in [0.1, 0.15) is 16.1 Å². The Balaban J connectivity index is 2.08. The van der Waals surface area contributed by atoms with Crippen molar-refractivity contribution in [2.75, 3.05) is 7.05 Å². The fourth-order valence-corrected chi connectivity index (χ4v) is 2.14. The fourth-order valence-electron chi connectivity index (χ4n) is 1.41. The lowest BCUT2D eigenvalue weighted by atomic mass is 10.2. The molecule has 0 aliphatic carbocycles. The molecule has 2 N–H and O–H groups in total. The Labute approximate surface area is 115 Å². The monoisotopic (exact) mass is 275 g/mol. The van der Waals surface area contributed by atoms with E-state index in [1.54, 1.807) is 19.2 Å². The summed E-state index contributed by atoms with van der Waals surface area (Å²) < 4.78 is 0. The Morgan fingerprint density at radius 2 is 1.95 bits per heavy atom. The Kier molecular flexibility index (Phi) is 4.48. The Hall–Kier alpha value is -1.92. The molecule has 0 saturated heterocycles. The van der Waals surface area contributed by atoms with Gasteiger partial charge in [0.15, 0.2) is 5.69 Å². The highest BCUT2D eigenvalue weighted by atomic mass is 32.2. The Bertz CT molecular complexity index is 555. The van der Waals surface area contributed by atoms with Crippen molar-refractivity contribution in [1.29, 1.82) is 0 Å². The van der Waals surface area contributed by atoms with Gasteiger partial charge in [0, 0.05) is 11.9 Å². The lowest BCUT2D eigenvalue weighted by Gasteiger charge is -2.02. The third-order valence-corrected chi connectivity index (χ3v) is 3.36. The largest absolute Gasteiger partial charge is 0.392 e. The van der Waals surface area contributed by atoms with E-state index in [9.17, 15) is 4.79 Å². The van der Waals surface area contributed by atoms with E-state index in [1.807, 2.05) is 24.3 Å². The van der Waals surface area contributed by atoms with Crippen molar-refractivity contribution in [2.24, 2.45) is 0 Å². The maximum Gasteiger partial charge on any atom is 0.271 e. The summed E-state index contributed by atoms with van der Waals surface area (Å²) in [6.07, 6.45) is 0. The third kappa shape index (κ3) is 3.52. The van der Waals surface area contributed by atoms with Crippen molar-refractivity contribution in [1.82, 2.24) is 15.5 Å². The van der Waals surface area contributed by atoms with Crippen LogP contribution in [0.15, 0.2) is 46.3 Å². The minimum absolute atomic E-state index is 0.0333. The number of aliphatic hydroxyl groups excluding tert-OH is 1. The maximum absolute atomic E-state index is 11.3. The highest BCUT2D eigenvalue weighted by molar-refractivity contribution is 7.99.